The summed E-state index contributed by atoms with van der Waals surface area (Å²) >= 11 is 0. The third kappa shape index (κ3) is 5.60. The van der Waals surface area contributed by atoms with Crippen molar-refractivity contribution in [1.82, 2.24) is 9.55 Å². The number of amides is 1. The van der Waals surface area contributed by atoms with E-state index in [2.05, 4.69) is 10.3 Å². The van der Waals surface area contributed by atoms with Crippen LogP contribution in [0.4, 0.5) is 5.82 Å². The topological polar surface area (TPSA) is 91.7 Å². The predicted octanol–water partition coefficient (Wildman–Crippen LogP) is 2.66. The molecule has 0 saturated heterocycles. The molecule has 0 saturated carbocycles. The summed E-state index contributed by atoms with van der Waals surface area (Å²) in [7, 11) is 1.61. The third-order valence-electron chi connectivity index (χ3n) is 4.33. The fourth-order valence-corrected chi connectivity index (χ4v) is 2.76. The van der Waals surface area contributed by atoms with Gasteiger partial charge in [0.25, 0.3) is 5.91 Å². The van der Waals surface area contributed by atoms with Crippen molar-refractivity contribution >= 4 is 11.7 Å². The maximum absolute atomic E-state index is 12.2. The maximum atomic E-state index is 12.2. The molecule has 0 spiro atoms. The molecule has 0 aliphatic rings. The van der Waals surface area contributed by atoms with Crippen LogP contribution in [0, 0.1) is 6.92 Å². The first-order valence-corrected chi connectivity index (χ1v) is 9.37. The van der Waals surface area contributed by atoms with E-state index in [0.29, 0.717) is 24.7 Å². The molecule has 3 rings (SSSR count). The zero-order valence-electron chi connectivity index (χ0n) is 16.8. The molecule has 0 aliphatic carbocycles. The Hall–Kier alpha value is -3.81. The molecule has 8 heteroatoms. The van der Waals surface area contributed by atoms with Gasteiger partial charge in [-0.05, 0) is 43.3 Å². The van der Waals surface area contributed by atoms with Crippen molar-refractivity contribution in [1.29, 1.82) is 0 Å². The molecule has 1 amide bonds. The molecule has 0 fully saturated rings. The second-order valence-corrected chi connectivity index (χ2v) is 6.36. The van der Waals surface area contributed by atoms with E-state index in [1.807, 2.05) is 28.8 Å². The van der Waals surface area contributed by atoms with Gasteiger partial charge < -0.3 is 24.1 Å². The van der Waals surface area contributed by atoms with Crippen LogP contribution in [0.25, 0.3) is 0 Å². The summed E-state index contributed by atoms with van der Waals surface area (Å²) in [6.07, 6.45) is 3.25. The summed E-state index contributed by atoms with van der Waals surface area (Å²) in [5, 5.41) is 2.61. The van der Waals surface area contributed by atoms with E-state index in [4.69, 9.17) is 14.2 Å². The lowest BCUT2D eigenvalue weighted by Crippen LogP contribution is -2.24. The molecule has 30 heavy (non-hydrogen) atoms. The number of carbonyl (C=O) groups excluding carboxylic acids is 1. The Labute approximate surface area is 174 Å². The van der Waals surface area contributed by atoms with Gasteiger partial charge in [0.05, 0.1) is 19.3 Å². The van der Waals surface area contributed by atoms with Crippen LogP contribution in [0.15, 0.2) is 65.7 Å². The molecule has 1 aromatic carbocycles. The lowest BCUT2D eigenvalue weighted by molar-refractivity contribution is -0.118. The van der Waals surface area contributed by atoms with Crippen LogP contribution in [-0.4, -0.2) is 35.8 Å². The Bertz CT molecular complexity index is 1030. The number of nitrogens with one attached hydrogen (secondary N) is 1. The summed E-state index contributed by atoms with van der Waals surface area (Å²) in [5.41, 5.74) is 0.330. The van der Waals surface area contributed by atoms with Crippen molar-refractivity contribution in [3.05, 3.63) is 76.8 Å². The number of benzene rings is 1. The van der Waals surface area contributed by atoms with E-state index in [-0.39, 0.29) is 17.8 Å². The van der Waals surface area contributed by atoms with E-state index in [1.54, 1.807) is 44.6 Å². The molecule has 156 valence electrons. The minimum atomic E-state index is -0.397. The van der Waals surface area contributed by atoms with E-state index in [1.165, 1.54) is 6.07 Å². The van der Waals surface area contributed by atoms with Crippen LogP contribution in [0.1, 0.15) is 5.69 Å². The van der Waals surface area contributed by atoms with Crippen molar-refractivity contribution in [3.8, 4) is 17.2 Å². The van der Waals surface area contributed by atoms with Gasteiger partial charge in [0.1, 0.15) is 23.9 Å². The summed E-state index contributed by atoms with van der Waals surface area (Å²) in [4.78, 5) is 28.3. The number of nitrogens with zero attached hydrogens (tertiary/aromatic N) is 2. The molecule has 0 unspecified atom stereocenters. The smallest absolute Gasteiger partial charge is 0.263 e. The Morgan fingerprint density at radius 3 is 2.53 bits per heavy atom. The number of anilines is 1. The first-order valence-electron chi connectivity index (χ1n) is 9.37. The van der Waals surface area contributed by atoms with Gasteiger partial charge in [0.2, 0.25) is 5.43 Å². The molecule has 0 atom stereocenters. The Morgan fingerprint density at radius 2 is 1.83 bits per heavy atom. The second kappa shape index (κ2) is 10.1. The number of hydrogen-bond acceptors (Lipinski definition) is 6. The average molecular weight is 409 g/mol. The second-order valence-electron chi connectivity index (χ2n) is 6.36. The highest BCUT2D eigenvalue weighted by Gasteiger charge is 2.12. The average Bonchev–Trinajstić information content (AvgIpc) is 2.76. The van der Waals surface area contributed by atoms with Crippen molar-refractivity contribution in [2.45, 2.75) is 13.5 Å². The van der Waals surface area contributed by atoms with Gasteiger partial charge in [-0.25, -0.2) is 4.98 Å². The van der Waals surface area contributed by atoms with Crippen molar-refractivity contribution in [2.75, 3.05) is 25.6 Å². The summed E-state index contributed by atoms with van der Waals surface area (Å²) in [6, 6.07) is 13.9. The first kappa shape index (κ1) is 20.9. The molecule has 3 aromatic rings. The predicted molar refractivity (Wildman–Crippen MR) is 112 cm³/mol. The number of carbonyl (C=O) groups is 1. The standard InChI is InChI=1S/C22H23N3O5/c1-16-22(30-15-21(27)24-20-5-3-4-11-23-20)19(26)10-12-25(16)13-14-29-18-8-6-17(28-2)7-9-18/h3-12H,13-15H2,1-2H3,(H,23,24,27). The van der Waals surface area contributed by atoms with Crippen molar-refractivity contribution in [3.63, 3.8) is 0 Å². The molecular formula is C22H23N3O5. The lowest BCUT2D eigenvalue weighted by Gasteiger charge is -2.15. The Morgan fingerprint density at radius 1 is 1.07 bits per heavy atom. The summed E-state index contributed by atoms with van der Waals surface area (Å²) in [6.45, 7) is 2.38. The molecule has 0 bridgehead atoms. The highest BCUT2D eigenvalue weighted by atomic mass is 16.5. The number of pyridine rings is 2. The minimum Gasteiger partial charge on any atom is -0.497 e. The van der Waals surface area contributed by atoms with Gasteiger partial charge in [-0.1, -0.05) is 6.07 Å². The quantitative estimate of drug-likeness (QED) is 0.584. The molecular weight excluding hydrogens is 386 g/mol. The normalized spacial score (nSPS) is 10.3. The number of rotatable bonds is 9. The Balaban J connectivity index is 1.57. The Kier molecular flexibility index (Phi) is 7.05. The SMILES string of the molecule is COc1ccc(OCCn2ccc(=O)c(OCC(=O)Nc3ccccn3)c2C)cc1. The molecule has 1 N–H and O–H groups in total. The van der Waals surface area contributed by atoms with E-state index in [9.17, 15) is 9.59 Å². The van der Waals surface area contributed by atoms with Gasteiger partial charge in [0, 0.05) is 18.5 Å². The molecule has 2 heterocycles. The van der Waals surface area contributed by atoms with Gasteiger partial charge >= 0.3 is 0 Å². The first-order chi connectivity index (χ1) is 14.6. The monoisotopic (exact) mass is 409 g/mol. The summed E-state index contributed by atoms with van der Waals surface area (Å²) in [5.74, 6) is 1.64. The van der Waals surface area contributed by atoms with Crippen LogP contribution in [0.3, 0.4) is 0 Å². The number of hydrogen-bond donors (Lipinski definition) is 1. The van der Waals surface area contributed by atoms with E-state index in [0.717, 1.165) is 11.5 Å². The molecule has 8 nitrogen and oxygen atoms in total. The number of ether oxygens (including phenoxy) is 3. The van der Waals surface area contributed by atoms with Crippen LogP contribution >= 0.6 is 0 Å². The van der Waals surface area contributed by atoms with Crippen LogP contribution < -0.4 is 25.0 Å². The third-order valence-corrected chi connectivity index (χ3v) is 4.33. The van der Waals surface area contributed by atoms with Crippen LogP contribution in [-0.2, 0) is 11.3 Å². The highest BCUT2D eigenvalue weighted by molar-refractivity contribution is 5.90. The van der Waals surface area contributed by atoms with E-state index >= 15 is 0 Å². The zero-order valence-corrected chi connectivity index (χ0v) is 16.8. The van der Waals surface area contributed by atoms with E-state index < -0.39 is 5.91 Å². The van der Waals surface area contributed by atoms with Gasteiger partial charge in [-0.2, -0.15) is 0 Å². The maximum Gasteiger partial charge on any atom is 0.263 e. The lowest BCUT2D eigenvalue weighted by atomic mass is 10.3. The van der Waals surface area contributed by atoms with Gasteiger partial charge in [-0.15, -0.1) is 0 Å². The van der Waals surface area contributed by atoms with Gasteiger partial charge in [-0.3, -0.25) is 9.59 Å². The van der Waals surface area contributed by atoms with Crippen molar-refractivity contribution in [2.24, 2.45) is 0 Å². The fraction of sp³-hybridized carbons (Fsp3) is 0.227. The van der Waals surface area contributed by atoms with Crippen LogP contribution in [0.5, 0.6) is 17.2 Å². The van der Waals surface area contributed by atoms with Crippen LogP contribution in [0.2, 0.25) is 0 Å². The van der Waals surface area contributed by atoms with Gasteiger partial charge in [0.15, 0.2) is 12.4 Å². The minimum absolute atomic E-state index is 0.137. The highest BCUT2D eigenvalue weighted by Crippen LogP contribution is 2.17. The van der Waals surface area contributed by atoms with Crippen molar-refractivity contribution < 1.29 is 19.0 Å². The largest absolute Gasteiger partial charge is 0.497 e. The number of methoxy groups -OCH3 is 1. The number of aromatic nitrogens is 2. The molecule has 2 aromatic heterocycles. The molecule has 0 radical (unpaired) electrons. The fourth-order valence-electron chi connectivity index (χ4n) is 2.76. The summed E-state index contributed by atoms with van der Waals surface area (Å²) < 4.78 is 18.2. The zero-order chi connectivity index (χ0) is 21.3. The molecule has 0 aliphatic heterocycles.